The van der Waals surface area contributed by atoms with Crippen LogP contribution in [0.3, 0.4) is 0 Å². The molecule has 0 radical (unpaired) electrons. The van der Waals surface area contributed by atoms with Crippen LogP contribution in [0.5, 0.6) is 5.75 Å². The van der Waals surface area contributed by atoms with E-state index >= 15 is 0 Å². The lowest BCUT2D eigenvalue weighted by atomic mass is 10.1. The highest BCUT2D eigenvalue weighted by Crippen LogP contribution is 2.25. The molecule has 1 unspecified atom stereocenters. The van der Waals surface area contributed by atoms with Crippen molar-refractivity contribution in [2.24, 2.45) is 5.92 Å². The summed E-state index contributed by atoms with van der Waals surface area (Å²) in [6.45, 7) is 0.643. The van der Waals surface area contributed by atoms with Gasteiger partial charge in [0.15, 0.2) is 14.6 Å². The highest BCUT2D eigenvalue weighted by atomic mass is 32.2. The monoisotopic (exact) mass is 312 g/mol. The fraction of sp³-hybridized carbons (Fsp3) is 0.462. The van der Waals surface area contributed by atoms with Gasteiger partial charge >= 0.3 is 0 Å². The maximum atomic E-state index is 11.5. The van der Waals surface area contributed by atoms with Crippen molar-refractivity contribution in [3.05, 3.63) is 23.0 Å². The Bertz CT molecular complexity index is 805. The molecule has 1 aromatic heterocycles. The number of imidazole rings is 1. The van der Waals surface area contributed by atoms with Gasteiger partial charge in [-0.1, -0.05) is 0 Å². The first-order valence-electron chi connectivity index (χ1n) is 6.45. The van der Waals surface area contributed by atoms with Crippen LogP contribution < -0.4 is 4.74 Å². The smallest absolute Gasteiger partial charge is 0.178 e. The van der Waals surface area contributed by atoms with Crippen molar-refractivity contribution in [3.63, 3.8) is 0 Å². The maximum absolute atomic E-state index is 11.5. The summed E-state index contributed by atoms with van der Waals surface area (Å²) in [5.74, 6) is 1.47. The minimum absolute atomic E-state index is 0.146. The lowest BCUT2D eigenvalue weighted by molar-refractivity contribution is 0.415. The molecule has 108 valence electrons. The summed E-state index contributed by atoms with van der Waals surface area (Å²) in [5.41, 5.74) is 1.90. The molecule has 7 heteroatoms. The average molecular weight is 312 g/mol. The Morgan fingerprint density at radius 1 is 1.50 bits per heavy atom. The first kappa shape index (κ1) is 13.6. The van der Waals surface area contributed by atoms with Gasteiger partial charge in [0.2, 0.25) is 0 Å². The van der Waals surface area contributed by atoms with E-state index in [2.05, 4.69) is 4.98 Å². The van der Waals surface area contributed by atoms with E-state index < -0.39 is 9.84 Å². The lowest BCUT2D eigenvalue weighted by Gasteiger charge is -2.10. The third kappa shape index (κ3) is 2.47. The summed E-state index contributed by atoms with van der Waals surface area (Å²) in [7, 11) is -1.23. The minimum atomic E-state index is -2.85. The molecular weight excluding hydrogens is 296 g/mol. The number of nitrogens with zero attached hydrogens (tertiary/aromatic N) is 1. The SMILES string of the molecule is COc1ccc2c(c1)[nH]c(=S)n2CC1CCS(=O)(=O)C1. The molecule has 1 aromatic carbocycles. The Morgan fingerprint density at radius 3 is 2.95 bits per heavy atom. The highest BCUT2D eigenvalue weighted by Gasteiger charge is 2.28. The van der Waals surface area contributed by atoms with Crippen LogP contribution in [-0.2, 0) is 16.4 Å². The minimum Gasteiger partial charge on any atom is -0.497 e. The van der Waals surface area contributed by atoms with Gasteiger partial charge in [0.1, 0.15) is 5.75 Å². The molecule has 1 fully saturated rings. The number of fused-ring (bicyclic) bond motifs is 1. The topological polar surface area (TPSA) is 64.1 Å². The van der Waals surface area contributed by atoms with Gasteiger partial charge in [-0.25, -0.2) is 8.42 Å². The average Bonchev–Trinajstić information content (AvgIpc) is 2.90. The second kappa shape index (κ2) is 4.89. The molecule has 0 amide bonds. The molecule has 0 spiro atoms. The van der Waals surface area contributed by atoms with Gasteiger partial charge in [0, 0.05) is 12.6 Å². The van der Waals surface area contributed by atoms with E-state index in [1.807, 2.05) is 22.8 Å². The van der Waals surface area contributed by atoms with E-state index in [0.717, 1.165) is 16.8 Å². The molecule has 0 saturated carbocycles. The summed E-state index contributed by atoms with van der Waals surface area (Å²) in [4.78, 5) is 3.14. The predicted molar refractivity (Wildman–Crippen MR) is 80.4 cm³/mol. The molecule has 2 heterocycles. The highest BCUT2D eigenvalue weighted by molar-refractivity contribution is 7.91. The molecule has 1 saturated heterocycles. The summed E-state index contributed by atoms with van der Waals surface area (Å²) in [6.07, 6.45) is 0.715. The number of H-pyrrole nitrogens is 1. The molecule has 1 atom stereocenters. The molecule has 5 nitrogen and oxygen atoms in total. The van der Waals surface area contributed by atoms with Gasteiger partial charge in [-0.2, -0.15) is 0 Å². The van der Waals surface area contributed by atoms with Gasteiger partial charge < -0.3 is 14.3 Å². The maximum Gasteiger partial charge on any atom is 0.178 e. The van der Waals surface area contributed by atoms with E-state index in [9.17, 15) is 8.42 Å². The Labute approximate surface area is 122 Å². The standard InChI is InChI=1S/C13H16N2O3S2/c1-18-10-2-3-12-11(6-10)14-13(19)15(12)7-9-4-5-20(16,17)8-9/h2-3,6,9H,4-5,7-8H2,1H3,(H,14,19). The number of nitrogens with one attached hydrogen (secondary N) is 1. The first-order valence-corrected chi connectivity index (χ1v) is 8.68. The number of rotatable bonds is 3. The van der Waals surface area contributed by atoms with Crippen LogP contribution in [0.1, 0.15) is 6.42 Å². The van der Waals surface area contributed by atoms with Gasteiger partial charge in [-0.05, 0) is 36.7 Å². The van der Waals surface area contributed by atoms with Gasteiger partial charge in [0.05, 0.1) is 29.6 Å². The van der Waals surface area contributed by atoms with Crippen LogP contribution in [0.2, 0.25) is 0 Å². The second-order valence-corrected chi connectivity index (χ2v) is 7.81. The van der Waals surface area contributed by atoms with Crippen LogP contribution in [0.4, 0.5) is 0 Å². The van der Waals surface area contributed by atoms with Gasteiger partial charge in [0.25, 0.3) is 0 Å². The van der Waals surface area contributed by atoms with Crippen LogP contribution in [0.15, 0.2) is 18.2 Å². The predicted octanol–water partition coefficient (Wildman–Crippen LogP) is 2.14. The van der Waals surface area contributed by atoms with Gasteiger partial charge in [-0.3, -0.25) is 0 Å². The summed E-state index contributed by atoms with van der Waals surface area (Å²) in [6, 6.07) is 5.73. The second-order valence-electron chi connectivity index (χ2n) is 5.19. The molecule has 20 heavy (non-hydrogen) atoms. The number of benzene rings is 1. The zero-order chi connectivity index (χ0) is 14.3. The third-order valence-corrected chi connectivity index (χ3v) is 5.91. The fourth-order valence-corrected chi connectivity index (χ4v) is 4.86. The van der Waals surface area contributed by atoms with Crippen molar-refractivity contribution in [3.8, 4) is 5.75 Å². The van der Waals surface area contributed by atoms with Crippen LogP contribution >= 0.6 is 12.2 Å². The number of hydrogen-bond acceptors (Lipinski definition) is 4. The first-order chi connectivity index (χ1) is 9.48. The summed E-state index contributed by atoms with van der Waals surface area (Å²) in [5, 5.41) is 0. The number of aromatic nitrogens is 2. The number of hydrogen-bond donors (Lipinski definition) is 1. The van der Waals surface area contributed by atoms with E-state index in [4.69, 9.17) is 17.0 Å². The molecule has 1 N–H and O–H groups in total. The van der Waals surface area contributed by atoms with Crippen molar-refractivity contribution in [1.82, 2.24) is 9.55 Å². The van der Waals surface area contributed by atoms with E-state index in [-0.39, 0.29) is 11.7 Å². The van der Waals surface area contributed by atoms with Crippen molar-refractivity contribution in [2.45, 2.75) is 13.0 Å². The van der Waals surface area contributed by atoms with Gasteiger partial charge in [-0.15, -0.1) is 0 Å². The number of sulfone groups is 1. The Kier molecular flexibility index (Phi) is 3.33. The lowest BCUT2D eigenvalue weighted by Crippen LogP contribution is -2.12. The quantitative estimate of drug-likeness (QED) is 0.882. The Morgan fingerprint density at radius 2 is 2.30 bits per heavy atom. The van der Waals surface area contributed by atoms with E-state index in [0.29, 0.717) is 23.5 Å². The van der Waals surface area contributed by atoms with Crippen molar-refractivity contribution < 1.29 is 13.2 Å². The third-order valence-electron chi connectivity index (χ3n) is 3.75. The molecule has 0 bridgehead atoms. The van der Waals surface area contributed by atoms with E-state index in [1.165, 1.54) is 0 Å². The summed E-state index contributed by atoms with van der Waals surface area (Å²) >= 11 is 5.34. The fourth-order valence-electron chi connectivity index (χ4n) is 2.73. The number of ether oxygens (including phenoxy) is 1. The molecule has 3 rings (SSSR count). The van der Waals surface area contributed by atoms with Crippen LogP contribution in [-0.4, -0.2) is 36.6 Å². The Balaban J connectivity index is 1.96. The largest absolute Gasteiger partial charge is 0.497 e. The zero-order valence-corrected chi connectivity index (χ0v) is 12.8. The molecule has 0 aliphatic carbocycles. The Hall–Kier alpha value is -1.34. The number of aromatic amines is 1. The number of methoxy groups -OCH3 is 1. The molecular formula is C13H16N2O3S2. The van der Waals surface area contributed by atoms with Crippen molar-refractivity contribution in [1.29, 1.82) is 0 Å². The van der Waals surface area contributed by atoms with Crippen molar-refractivity contribution >= 4 is 33.1 Å². The summed E-state index contributed by atoms with van der Waals surface area (Å²) < 4.78 is 30.9. The molecule has 1 aliphatic rings. The van der Waals surface area contributed by atoms with E-state index in [1.54, 1.807) is 7.11 Å². The molecule has 2 aromatic rings. The van der Waals surface area contributed by atoms with Crippen LogP contribution in [0.25, 0.3) is 11.0 Å². The van der Waals surface area contributed by atoms with Crippen LogP contribution in [0, 0.1) is 10.7 Å². The zero-order valence-electron chi connectivity index (χ0n) is 11.1. The normalized spacial score (nSPS) is 21.4. The van der Waals surface area contributed by atoms with Crippen molar-refractivity contribution in [2.75, 3.05) is 18.6 Å². The molecule has 1 aliphatic heterocycles.